The van der Waals surface area contributed by atoms with E-state index in [0.29, 0.717) is 0 Å². The molecular formula is C17H30O. The molecule has 0 heterocycles. The quantitative estimate of drug-likeness (QED) is 0.646. The molecule has 1 heteroatoms. The van der Waals surface area contributed by atoms with Crippen LogP contribution in [0.3, 0.4) is 0 Å². The first-order valence-electron chi connectivity index (χ1n) is 7.21. The molecule has 0 saturated carbocycles. The number of methoxy groups -OCH3 is 1. The number of aryl methyl sites for hydroxylation is 3. The predicted octanol–water partition coefficient (Wildman–Crippen LogP) is 5.00. The summed E-state index contributed by atoms with van der Waals surface area (Å²) < 4.78 is 5.06. The van der Waals surface area contributed by atoms with Crippen LogP contribution in [0.25, 0.3) is 0 Å². The molecule has 104 valence electrons. The normalized spacial score (nSPS) is 9.89. The molecule has 0 saturated heterocycles. The molecule has 0 spiro atoms. The van der Waals surface area contributed by atoms with Gasteiger partial charge >= 0.3 is 0 Å². The Kier molecular flexibility index (Phi) is 9.67. The second kappa shape index (κ2) is 10.1. The Labute approximate surface area is 114 Å². The van der Waals surface area contributed by atoms with E-state index >= 15 is 0 Å². The maximum absolute atomic E-state index is 5.06. The fourth-order valence-electron chi connectivity index (χ4n) is 2.33. The van der Waals surface area contributed by atoms with Crippen molar-refractivity contribution in [2.75, 3.05) is 13.7 Å². The van der Waals surface area contributed by atoms with Gasteiger partial charge in [0, 0.05) is 13.7 Å². The van der Waals surface area contributed by atoms with Gasteiger partial charge in [-0.1, -0.05) is 38.0 Å². The van der Waals surface area contributed by atoms with E-state index in [1.807, 2.05) is 13.8 Å². The summed E-state index contributed by atoms with van der Waals surface area (Å²) in [5.74, 6) is 0. The van der Waals surface area contributed by atoms with Crippen LogP contribution in [-0.4, -0.2) is 13.7 Å². The molecule has 1 aromatic carbocycles. The van der Waals surface area contributed by atoms with Crippen LogP contribution in [0.5, 0.6) is 0 Å². The van der Waals surface area contributed by atoms with E-state index < -0.39 is 0 Å². The first-order chi connectivity index (χ1) is 8.65. The van der Waals surface area contributed by atoms with Gasteiger partial charge in [-0.25, -0.2) is 0 Å². The van der Waals surface area contributed by atoms with E-state index in [9.17, 15) is 0 Å². The third-order valence-electron chi connectivity index (χ3n) is 3.12. The summed E-state index contributed by atoms with van der Waals surface area (Å²) in [6.07, 6.45) is 4.93. The monoisotopic (exact) mass is 250 g/mol. The summed E-state index contributed by atoms with van der Waals surface area (Å²) in [6, 6.07) is 4.58. The Morgan fingerprint density at radius 1 is 0.889 bits per heavy atom. The van der Waals surface area contributed by atoms with Crippen LogP contribution in [-0.2, 0) is 11.2 Å². The largest absolute Gasteiger partial charge is 0.385 e. The van der Waals surface area contributed by atoms with Gasteiger partial charge in [0.2, 0.25) is 0 Å². The minimum absolute atomic E-state index is 0.895. The average molecular weight is 250 g/mol. The third kappa shape index (κ3) is 6.20. The summed E-state index contributed by atoms with van der Waals surface area (Å²) in [7, 11) is 1.77. The Bertz CT molecular complexity index is 305. The van der Waals surface area contributed by atoms with Crippen molar-refractivity contribution in [3.8, 4) is 0 Å². The number of unbranched alkanes of at least 4 members (excludes halogenated alkanes) is 2. The van der Waals surface area contributed by atoms with Crippen LogP contribution in [0.2, 0.25) is 0 Å². The van der Waals surface area contributed by atoms with Crippen molar-refractivity contribution in [2.45, 2.75) is 60.3 Å². The highest BCUT2D eigenvalue weighted by molar-refractivity contribution is 5.37. The van der Waals surface area contributed by atoms with Crippen LogP contribution >= 0.6 is 0 Å². The van der Waals surface area contributed by atoms with Gasteiger partial charge in [-0.15, -0.1) is 0 Å². The summed E-state index contributed by atoms with van der Waals surface area (Å²) >= 11 is 0. The topological polar surface area (TPSA) is 9.23 Å². The lowest BCUT2D eigenvalue weighted by Crippen LogP contribution is -1.96. The Balaban J connectivity index is 0.00000137. The van der Waals surface area contributed by atoms with E-state index in [0.717, 1.165) is 6.61 Å². The highest BCUT2D eigenvalue weighted by atomic mass is 16.5. The summed E-state index contributed by atoms with van der Waals surface area (Å²) in [5, 5.41) is 0. The Hall–Kier alpha value is -0.820. The number of ether oxygens (including phenoxy) is 1. The van der Waals surface area contributed by atoms with Crippen LogP contribution in [0.15, 0.2) is 12.1 Å². The molecule has 0 amide bonds. The van der Waals surface area contributed by atoms with Gasteiger partial charge in [0.25, 0.3) is 0 Å². The third-order valence-corrected chi connectivity index (χ3v) is 3.12. The lowest BCUT2D eigenvalue weighted by atomic mass is 9.95. The van der Waals surface area contributed by atoms with Crippen molar-refractivity contribution in [1.82, 2.24) is 0 Å². The Morgan fingerprint density at radius 3 is 1.94 bits per heavy atom. The second-order valence-electron chi connectivity index (χ2n) is 4.68. The molecule has 18 heavy (non-hydrogen) atoms. The molecule has 0 aromatic heterocycles. The van der Waals surface area contributed by atoms with Crippen molar-refractivity contribution in [1.29, 1.82) is 0 Å². The van der Waals surface area contributed by atoms with Crippen LogP contribution in [0.4, 0.5) is 0 Å². The first kappa shape index (κ1) is 17.2. The molecule has 0 bridgehead atoms. The van der Waals surface area contributed by atoms with E-state index in [-0.39, 0.29) is 0 Å². The highest BCUT2D eigenvalue weighted by Gasteiger charge is 2.03. The zero-order valence-corrected chi connectivity index (χ0v) is 13.1. The molecule has 0 fully saturated rings. The van der Waals surface area contributed by atoms with Crippen molar-refractivity contribution in [3.63, 3.8) is 0 Å². The number of benzene rings is 1. The van der Waals surface area contributed by atoms with E-state index in [1.54, 1.807) is 12.7 Å². The van der Waals surface area contributed by atoms with Gasteiger partial charge in [0.1, 0.15) is 0 Å². The lowest BCUT2D eigenvalue weighted by molar-refractivity contribution is 0.192. The van der Waals surface area contributed by atoms with Gasteiger partial charge in [-0.05, 0) is 56.7 Å². The molecule has 0 N–H and O–H groups in total. The van der Waals surface area contributed by atoms with Gasteiger partial charge in [0.05, 0.1) is 0 Å². The SMILES string of the molecule is CC.COCCCCCc1c(C)cc(C)cc1C. The summed E-state index contributed by atoms with van der Waals surface area (Å²) in [5.41, 5.74) is 5.81. The van der Waals surface area contributed by atoms with Crippen molar-refractivity contribution in [3.05, 3.63) is 34.4 Å². The number of rotatable bonds is 6. The van der Waals surface area contributed by atoms with Crippen LogP contribution in [0.1, 0.15) is 55.4 Å². The zero-order valence-electron chi connectivity index (χ0n) is 13.1. The highest BCUT2D eigenvalue weighted by Crippen LogP contribution is 2.18. The predicted molar refractivity (Wildman–Crippen MR) is 81.4 cm³/mol. The molecule has 0 aliphatic heterocycles. The minimum atomic E-state index is 0.895. The minimum Gasteiger partial charge on any atom is -0.385 e. The maximum Gasteiger partial charge on any atom is 0.0462 e. The van der Waals surface area contributed by atoms with Crippen LogP contribution in [0, 0.1) is 20.8 Å². The smallest absolute Gasteiger partial charge is 0.0462 e. The van der Waals surface area contributed by atoms with E-state index in [2.05, 4.69) is 32.9 Å². The molecule has 0 aliphatic carbocycles. The molecule has 0 radical (unpaired) electrons. The maximum atomic E-state index is 5.06. The van der Waals surface area contributed by atoms with E-state index in [1.165, 1.54) is 42.4 Å². The van der Waals surface area contributed by atoms with Gasteiger partial charge < -0.3 is 4.74 Å². The Morgan fingerprint density at radius 2 is 1.44 bits per heavy atom. The lowest BCUT2D eigenvalue weighted by Gasteiger charge is -2.11. The van der Waals surface area contributed by atoms with Crippen molar-refractivity contribution >= 4 is 0 Å². The second-order valence-corrected chi connectivity index (χ2v) is 4.68. The van der Waals surface area contributed by atoms with Gasteiger partial charge in [-0.3, -0.25) is 0 Å². The molecule has 1 rings (SSSR count). The zero-order chi connectivity index (χ0) is 14.0. The molecule has 0 atom stereocenters. The molecular weight excluding hydrogens is 220 g/mol. The van der Waals surface area contributed by atoms with E-state index in [4.69, 9.17) is 4.74 Å². The summed E-state index contributed by atoms with van der Waals surface area (Å²) in [6.45, 7) is 11.5. The molecule has 1 nitrogen and oxygen atoms in total. The first-order valence-corrected chi connectivity index (χ1v) is 7.21. The molecule has 1 aromatic rings. The van der Waals surface area contributed by atoms with Gasteiger partial charge in [0.15, 0.2) is 0 Å². The van der Waals surface area contributed by atoms with Crippen molar-refractivity contribution < 1.29 is 4.74 Å². The van der Waals surface area contributed by atoms with Crippen molar-refractivity contribution in [2.24, 2.45) is 0 Å². The fraction of sp³-hybridized carbons (Fsp3) is 0.647. The molecule has 0 unspecified atom stereocenters. The van der Waals surface area contributed by atoms with Crippen LogP contribution < -0.4 is 0 Å². The summed E-state index contributed by atoms with van der Waals surface area (Å²) in [4.78, 5) is 0. The standard InChI is InChI=1S/C15H24O.C2H6/c1-12-10-13(2)15(14(3)11-12)8-6-5-7-9-16-4;1-2/h10-11H,5-9H2,1-4H3;1-2H3. The number of hydrogen-bond acceptors (Lipinski definition) is 1. The average Bonchev–Trinajstić information content (AvgIpc) is 2.34. The number of hydrogen-bond donors (Lipinski definition) is 0. The van der Waals surface area contributed by atoms with Gasteiger partial charge in [-0.2, -0.15) is 0 Å². The molecule has 0 aliphatic rings. The fourth-order valence-corrected chi connectivity index (χ4v) is 2.33.